The largest absolute Gasteiger partial charge is 0.397 e. The molecule has 0 aromatic rings. The Kier molecular flexibility index (Phi) is 11.1. The predicted octanol–water partition coefficient (Wildman–Crippen LogP) is 3.76. The average Bonchev–Trinajstić information content (AvgIpc) is 3.69. The van der Waals surface area contributed by atoms with E-state index >= 15 is 8.78 Å². The maximum atomic E-state index is 15.2. The van der Waals surface area contributed by atoms with Gasteiger partial charge in [0, 0.05) is 40.2 Å². The zero-order valence-corrected chi connectivity index (χ0v) is 29.5. The van der Waals surface area contributed by atoms with E-state index in [1.807, 2.05) is 14.0 Å². The molecule has 0 radical (unpaired) electrons. The molecule has 4 fully saturated rings. The lowest BCUT2D eigenvalue weighted by Crippen LogP contribution is -2.61. The molecule has 0 bridgehead atoms. The molecule has 6 rings (SSSR count). The van der Waals surface area contributed by atoms with Crippen molar-refractivity contribution in [3.8, 4) is 0 Å². The number of alkyl halides is 7. The number of carbonyl (C=O) groups excluding carboxylic acids is 1. The van der Waals surface area contributed by atoms with Crippen molar-refractivity contribution >= 4 is 35.0 Å². The third-order valence-corrected chi connectivity index (χ3v) is 12.8. The lowest BCUT2D eigenvalue weighted by atomic mass is 9.68. The molecule has 11 atom stereocenters. The van der Waals surface area contributed by atoms with Gasteiger partial charge < -0.3 is 38.5 Å². The topological polar surface area (TPSA) is 156 Å². The van der Waals surface area contributed by atoms with Gasteiger partial charge in [-0.2, -0.15) is 8.78 Å². The van der Waals surface area contributed by atoms with Gasteiger partial charge in [0.15, 0.2) is 0 Å². The number of thioether (sulfide) groups is 1. The van der Waals surface area contributed by atoms with Crippen LogP contribution in [0, 0.1) is 29.6 Å². The Morgan fingerprint density at radius 2 is 1.82 bits per heavy atom. The number of nitrogens with one attached hydrogen (secondary N) is 4. The first-order valence-corrected chi connectivity index (χ1v) is 18.7. The summed E-state index contributed by atoms with van der Waals surface area (Å²) in [7, 11) is 1.81. The van der Waals surface area contributed by atoms with Gasteiger partial charge in [-0.15, -0.1) is 11.6 Å². The zero-order chi connectivity index (χ0) is 36.2. The quantitative estimate of drug-likeness (QED) is 0.101. The molecule has 50 heavy (non-hydrogen) atoms. The van der Waals surface area contributed by atoms with Crippen molar-refractivity contribution in [1.29, 1.82) is 0 Å². The molecular formula is C33H47ClF6N8OS. The third kappa shape index (κ3) is 7.38. The van der Waals surface area contributed by atoms with Crippen molar-refractivity contribution in [3.05, 3.63) is 33.6 Å². The number of allylic oxidation sites excluding steroid dienone is 3. The predicted molar refractivity (Wildman–Crippen MR) is 183 cm³/mol. The average molecular weight is 753 g/mol. The van der Waals surface area contributed by atoms with Gasteiger partial charge in [0.2, 0.25) is 5.91 Å². The first-order valence-electron chi connectivity index (χ1n) is 17.4. The molecule has 4 aliphatic carbocycles. The van der Waals surface area contributed by atoms with Crippen LogP contribution in [0.5, 0.6) is 0 Å². The van der Waals surface area contributed by atoms with Crippen LogP contribution in [0.2, 0.25) is 0 Å². The van der Waals surface area contributed by atoms with E-state index in [-0.39, 0.29) is 66.3 Å². The van der Waals surface area contributed by atoms with Crippen LogP contribution in [0.4, 0.5) is 26.3 Å². The summed E-state index contributed by atoms with van der Waals surface area (Å²) >= 11 is 8.37. The lowest BCUT2D eigenvalue weighted by molar-refractivity contribution is -0.120. The lowest BCUT2D eigenvalue weighted by Gasteiger charge is -2.47. The second kappa shape index (κ2) is 14.7. The van der Waals surface area contributed by atoms with Gasteiger partial charge in [0.05, 0.1) is 29.3 Å². The van der Waals surface area contributed by atoms with Gasteiger partial charge in [0.25, 0.3) is 12.3 Å². The molecule has 0 aromatic heterocycles. The van der Waals surface area contributed by atoms with E-state index in [2.05, 4.69) is 32.3 Å². The maximum absolute atomic E-state index is 15.2. The molecule has 9 nitrogen and oxygen atoms in total. The van der Waals surface area contributed by atoms with Gasteiger partial charge in [-0.25, -0.2) is 17.6 Å². The van der Waals surface area contributed by atoms with Crippen molar-refractivity contribution in [3.63, 3.8) is 0 Å². The number of halogens is 7. The molecule has 0 spiro atoms. The van der Waals surface area contributed by atoms with Gasteiger partial charge in [0.1, 0.15) is 30.4 Å². The fraction of sp³-hybridized carbons (Fsp3) is 0.758. The molecule has 2 aliphatic heterocycles. The second-order valence-electron chi connectivity index (χ2n) is 14.7. The fourth-order valence-electron chi connectivity index (χ4n) is 9.00. The first kappa shape index (κ1) is 37.6. The number of amides is 1. The molecule has 2 heterocycles. The molecule has 0 aromatic carbocycles. The fourth-order valence-corrected chi connectivity index (χ4v) is 10.5. The van der Waals surface area contributed by atoms with E-state index in [1.165, 1.54) is 0 Å². The highest BCUT2D eigenvalue weighted by molar-refractivity contribution is 8.04. The molecule has 17 heteroatoms. The number of fused-ring (bicyclic) bond motifs is 1. The van der Waals surface area contributed by atoms with Crippen molar-refractivity contribution in [2.75, 3.05) is 13.6 Å². The summed E-state index contributed by atoms with van der Waals surface area (Å²) in [6.45, 7) is 1.23. The standard InChI is InChI=1S/C33H47ClF6N8OS/c1-12-46-32-22(50-12)10-17(16-3-4-20(34)25(31(42)43)28(16)44-2)27(48-32)21(7-13-5-14(35)8-15(36)6-13)47-23(49)11-45-29-24(26(41)30(37)38)18-9-19(18)33(29,39)40/h10,12-16,18-21,25,27-28,30-31,44,46,48H,3-9,11,41-43H2,1-2H3,(H,47,49)/t12?,13?,14?,15?,16?,18-,19+,20?,21?,25?,27?,28?/m0/s1. The molecule has 10 N–H and O–H groups in total. The van der Waals surface area contributed by atoms with Gasteiger partial charge >= 0.3 is 0 Å². The van der Waals surface area contributed by atoms with Crippen LogP contribution in [0.1, 0.15) is 51.9 Å². The molecule has 280 valence electrons. The number of hydrogen-bond acceptors (Lipinski definition) is 9. The van der Waals surface area contributed by atoms with Crippen LogP contribution in [0.25, 0.3) is 0 Å². The molecule has 9 unspecified atom stereocenters. The van der Waals surface area contributed by atoms with Crippen LogP contribution in [0.3, 0.4) is 0 Å². The molecule has 4 saturated carbocycles. The van der Waals surface area contributed by atoms with E-state index in [0.717, 1.165) is 16.3 Å². The summed E-state index contributed by atoms with van der Waals surface area (Å²) in [5, 5.41) is 13.0. The van der Waals surface area contributed by atoms with E-state index in [9.17, 15) is 22.4 Å². The number of nitrogens with zero attached hydrogens (tertiary/aromatic N) is 1. The normalized spacial score (nSPS) is 40.2. The Morgan fingerprint density at radius 1 is 1.12 bits per heavy atom. The minimum Gasteiger partial charge on any atom is -0.397 e. The zero-order valence-electron chi connectivity index (χ0n) is 28.0. The summed E-state index contributed by atoms with van der Waals surface area (Å²) < 4.78 is 86.7. The summed E-state index contributed by atoms with van der Waals surface area (Å²) in [6.07, 6.45) is -2.95. The van der Waals surface area contributed by atoms with Crippen molar-refractivity contribution < 1.29 is 31.1 Å². The molecule has 1 amide bonds. The smallest absolute Gasteiger partial charge is 0.292 e. The molecule has 0 saturated heterocycles. The van der Waals surface area contributed by atoms with Crippen LogP contribution < -0.4 is 38.5 Å². The summed E-state index contributed by atoms with van der Waals surface area (Å²) in [5.74, 6) is -6.36. The van der Waals surface area contributed by atoms with Crippen molar-refractivity contribution in [1.82, 2.24) is 21.3 Å². The van der Waals surface area contributed by atoms with Crippen LogP contribution >= 0.6 is 23.4 Å². The monoisotopic (exact) mass is 752 g/mol. The number of aliphatic imine (C=N–C) groups is 1. The Morgan fingerprint density at radius 3 is 2.46 bits per heavy atom. The highest BCUT2D eigenvalue weighted by atomic mass is 35.5. The third-order valence-electron chi connectivity index (χ3n) is 11.2. The summed E-state index contributed by atoms with van der Waals surface area (Å²) in [4.78, 5) is 18.5. The number of carbonyl (C=O) groups is 1. The molecule has 6 aliphatic rings. The van der Waals surface area contributed by atoms with Gasteiger partial charge in [-0.3, -0.25) is 9.79 Å². The Hall–Kier alpha value is -2.14. The van der Waals surface area contributed by atoms with E-state index in [1.54, 1.807) is 11.8 Å². The van der Waals surface area contributed by atoms with E-state index < -0.39 is 84.6 Å². The van der Waals surface area contributed by atoms with Crippen molar-refractivity contribution in [2.24, 2.45) is 51.8 Å². The van der Waals surface area contributed by atoms with Gasteiger partial charge in [-0.05, 0) is 81.9 Å². The van der Waals surface area contributed by atoms with Gasteiger partial charge in [-0.1, -0.05) is 11.8 Å². The van der Waals surface area contributed by atoms with Crippen LogP contribution in [-0.4, -0.2) is 84.9 Å². The van der Waals surface area contributed by atoms with Crippen LogP contribution in [0.15, 0.2) is 38.6 Å². The first-order chi connectivity index (χ1) is 23.6. The maximum Gasteiger partial charge on any atom is 0.292 e. The number of nitrogens with two attached hydrogens (primary N) is 3. The number of hydrogen-bond donors (Lipinski definition) is 7. The highest BCUT2D eigenvalue weighted by Crippen LogP contribution is 2.62. The minimum absolute atomic E-state index is 0.0238. The second-order valence-corrected chi connectivity index (χ2v) is 16.6. The van der Waals surface area contributed by atoms with E-state index in [4.69, 9.17) is 28.8 Å². The van der Waals surface area contributed by atoms with Crippen LogP contribution in [-0.2, 0) is 4.79 Å². The highest BCUT2D eigenvalue weighted by Gasteiger charge is 2.67. The number of dihydropyridines is 1. The Labute approximate surface area is 297 Å². The minimum atomic E-state index is -3.50. The van der Waals surface area contributed by atoms with E-state index in [0.29, 0.717) is 12.8 Å². The Balaban J connectivity index is 1.32. The SMILES string of the molecule is CNC1C(C2=CC3=C(NC(C)S3)NC2C(CC2CC(F)CC(F)C2)NC(=O)CN=C2C(=C(N)C(F)F)[C@H]3C[C@H]3C2(F)F)CCC(Cl)C1C(N)N. The Bertz CT molecular complexity index is 1440. The number of rotatable bonds is 10. The van der Waals surface area contributed by atoms with Crippen molar-refractivity contribution in [2.45, 2.75) is 112 Å². The molecular weight excluding hydrogens is 706 g/mol. The summed E-state index contributed by atoms with van der Waals surface area (Å²) in [5.41, 5.74) is 16.8. The summed E-state index contributed by atoms with van der Waals surface area (Å²) in [6, 6.07) is -1.59.